The molecule has 0 unspecified atom stereocenters. The van der Waals surface area contributed by atoms with E-state index in [2.05, 4.69) is 26.0 Å². The second-order valence-corrected chi connectivity index (χ2v) is 8.00. The number of hydrogen-bond acceptors (Lipinski definition) is 7. The van der Waals surface area contributed by atoms with E-state index in [1.165, 1.54) is 39.2 Å². The maximum atomic E-state index is 15.2. The normalized spacial score (nSPS) is 14.4. The highest BCUT2D eigenvalue weighted by atomic mass is 32.1. The average Bonchev–Trinajstić information content (AvgIpc) is 3.37. The first-order valence-electron chi connectivity index (χ1n) is 10.2. The van der Waals surface area contributed by atoms with Crippen molar-refractivity contribution in [1.29, 1.82) is 0 Å². The number of nitrogens with zero attached hydrogens (tertiary/aromatic N) is 4. The van der Waals surface area contributed by atoms with E-state index in [-0.39, 0.29) is 11.4 Å². The number of aromatic nitrogens is 3. The Morgan fingerprint density at radius 2 is 2.06 bits per heavy atom. The van der Waals surface area contributed by atoms with Gasteiger partial charge in [0.1, 0.15) is 29.4 Å². The van der Waals surface area contributed by atoms with E-state index in [0.29, 0.717) is 31.1 Å². The molecule has 1 aliphatic heterocycles. The van der Waals surface area contributed by atoms with E-state index < -0.39 is 36.2 Å². The van der Waals surface area contributed by atoms with Crippen LogP contribution in [0.15, 0.2) is 29.2 Å². The Bertz CT molecular complexity index is 1100. The van der Waals surface area contributed by atoms with Gasteiger partial charge in [0, 0.05) is 25.0 Å². The van der Waals surface area contributed by atoms with E-state index in [1.54, 1.807) is 0 Å². The van der Waals surface area contributed by atoms with Gasteiger partial charge in [0.05, 0.1) is 17.4 Å². The van der Waals surface area contributed by atoms with Gasteiger partial charge in [-0.1, -0.05) is 0 Å². The summed E-state index contributed by atoms with van der Waals surface area (Å²) in [6.45, 7) is 1.96. The zero-order chi connectivity index (χ0) is 23.4. The van der Waals surface area contributed by atoms with Crippen molar-refractivity contribution >= 4 is 40.1 Å². The molecule has 3 heterocycles. The Balaban J connectivity index is 1.64. The molecule has 8 nitrogen and oxygen atoms in total. The van der Waals surface area contributed by atoms with Gasteiger partial charge < -0.3 is 20.9 Å². The summed E-state index contributed by atoms with van der Waals surface area (Å²) in [6, 6.07) is 2.17. The zero-order valence-corrected chi connectivity index (χ0v) is 18.1. The molecule has 0 saturated carbocycles. The van der Waals surface area contributed by atoms with Crippen molar-refractivity contribution in [1.82, 2.24) is 20.1 Å². The summed E-state index contributed by atoms with van der Waals surface area (Å²) < 4.78 is 56.9. The van der Waals surface area contributed by atoms with E-state index in [0.717, 1.165) is 19.0 Å². The average molecular weight is 483 g/mol. The summed E-state index contributed by atoms with van der Waals surface area (Å²) in [6.07, 6.45) is -0.514. The maximum absolute atomic E-state index is 15.2. The number of anilines is 4. The Morgan fingerprint density at radius 3 is 2.82 bits per heavy atom. The van der Waals surface area contributed by atoms with Crippen molar-refractivity contribution in [3.63, 3.8) is 0 Å². The molecular formula is C20H21F4N7OS. The molecule has 1 saturated heterocycles. The Hall–Kier alpha value is -3.19. The highest BCUT2D eigenvalue weighted by Gasteiger charge is 2.24. The van der Waals surface area contributed by atoms with Gasteiger partial charge in [-0.05, 0) is 25.1 Å². The van der Waals surface area contributed by atoms with Crippen LogP contribution in [-0.2, 0) is 6.54 Å². The molecule has 0 atom stereocenters. The first-order chi connectivity index (χ1) is 15.9. The zero-order valence-electron chi connectivity index (χ0n) is 17.3. The quantitative estimate of drug-likeness (QED) is 0.445. The number of halogens is 4. The van der Waals surface area contributed by atoms with Crippen LogP contribution in [0.25, 0.3) is 0 Å². The van der Waals surface area contributed by atoms with Gasteiger partial charge in [-0.25, -0.2) is 27.2 Å². The standard InChI is InChI=1S/C20H21F4N7OS/c21-12-2-3-13(17(24)18(12)29-19(32)15-10-33-11-26-15)28-14-8-27-31(9-16(22)23)20(14)30-6-1-4-25-5-7-30/h2-3,8,10-11,16,25,28H,1,4-7,9H2,(H,29,32). The summed E-state index contributed by atoms with van der Waals surface area (Å²) in [7, 11) is 0. The molecule has 0 radical (unpaired) electrons. The Kier molecular flexibility index (Phi) is 7.08. The predicted octanol–water partition coefficient (Wildman–Crippen LogP) is 3.68. The number of rotatable bonds is 7. The van der Waals surface area contributed by atoms with Gasteiger partial charge in [0.25, 0.3) is 12.3 Å². The third-order valence-corrected chi connectivity index (χ3v) is 5.61. The number of amides is 1. The molecule has 176 valence electrons. The molecule has 0 spiro atoms. The molecule has 3 aromatic rings. The highest BCUT2D eigenvalue weighted by molar-refractivity contribution is 7.07. The lowest BCUT2D eigenvalue weighted by Gasteiger charge is -2.25. The number of carbonyl (C=O) groups is 1. The number of nitrogens with one attached hydrogen (secondary N) is 3. The lowest BCUT2D eigenvalue weighted by molar-refractivity contribution is 0.102. The molecule has 1 fully saturated rings. The van der Waals surface area contributed by atoms with Crippen LogP contribution in [0.5, 0.6) is 0 Å². The van der Waals surface area contributed by atoms with Crippen molar-refractivity contribution in [2.45, 2.75) is 19.4 Å². The molecule has 0 bridgehead atoms. The first-order valence-corrected chi connectivity index (χ1v) is 11.1. The number of hydrogen-bond donors (Lipinski definition) is 3. The summed E-state index contributed by atoms with van der Waals surface area (Å²) in [5, 5.41) is 13.8. The van der Waals surface area contributed by atoms with Crippen LogP contribution in [0.1, 0.15) is 16.9 Å². The van der Waals surface area contributed by atoms with Crippen molar-refractivity contribution in [3.8, 4) is 0 Å². The van der Waals surface area contributed by atoms with Gasteiger partial charge in [-0.3, -0.25) is 4.79 Å². The molecule has 1 aromatic carbocycles. The highest BCUT2D eigenvalue weighted by Crippen LogP contribution is 2.33. The molecule has 13 heteroatoms. The number of thiazole rings is 1. The molecular weight excluding hydrogens is 462 g/mol. The Labute approximate surface area is 190 Å². The van der Waals surface area contributed by atoms with Crippen LogP contribution < -0.4 is 20.9 Å². The lowest BCUT2D eigenvalue weighted by atomic mass is 10.2. The Morgan fingerprint density at radius 1 is 1.21 bits per heavy atom. The smallest absolute Gasteiger partial charge is 0.275 e. The first kappa shape index (κ1) is 23.0. The fourth-order valence-electron chi connectivity index (χ4n) is 3.53. The molecule has 1 aliphatic rings. The number of carbonyl (C=O) groups excluding carboxylic acids is 1. The molecule has 2 aromatic heterocycles. The summed E-state index contributed by atoms with van der Waals surface area (Å²) in [5.41, 5.74) is 0.966. The predicted molar refractivity (Wildman–Crippen MR) is 118 cm³/mol. The van der Waals surface area contributed by atoms with E-state index in [1.807, 2.05) is 4.90 Å². The summed E-state index contributed by atoms with van der Waals surface area (Å²) >= 11 is 1.17. The molecule has 33 heavy (non-hydrogen) atoms. The maximum Gasteiger partial charge on any atom is 0.275 e. The third-order valence-electron chi connectivity index (χ3n) is 5.03. The van der Waals surface area contributed by atoms with Gasteiger partial charge in [-0.15, -0.1) is 11.3 Å². The molecule has 4 rings (SSSR count). The van der Waals surface area contributed by atoms with Crippen molar-refractivity contribution in [2.75, 3.05) is 41.7 Å². The SMILES string of the molecule is O=C(Nc1c(F)ccc(Nc2cnn(CC(F)F)c2N2CCCNCC2)c1F)c1cscn1. The fraction of sp³-hybridized carbons (Fsp3) is 0.350. The van der Waals surface area contributed by atoms with Gasteiger partial charge in [-0.2, -0.15) is 5.10 Å². The largest absolute Gasteiger partial charge is 0.354 e. The topological polar surface area (TPSA) is 87.1 Å². The van der Waals surface area contributed by atoms with Crippen LogP contribution >= 0.6 is 11.3 Å². The van der Waals surface area contributed by atoms with E-state index in [9.17, 15) is 18.0 Å². The summed E-state index contributed by atoms with van der Waals surface area (Å²) in [5.74, 6) is -2.37. The van der Waals surface area contributed by atoms with Gasteiger partial charge in [0.2, 0.25) is 0 Å². The number of benzene rings is 1. The van der Waals surface area contributed by atoms with Crippen LogP contribution in [0.4, 0.5) is 40.4 Å². The van der Waals surface area contributed by atoms with Gasteiger partial charge in [0.15, 0.2) is 11.6 Å². The monoisotopic (exact) mass is 483 g/mol. The van der Waals surface area contributed by atoms with Crippen LogP contribution in [0, 0.1) is 11.6 Å². The summed E-state index contributed by atoms with van der Waals surface area (Å²) in [4.78, 5) is 17.9. The minimum absolute atomic E-state index is 0.0301. The minimum Gasteiger partial charge on any atom is -0.354 e. The molecule has 0 aliphatic carbocycles. The second-order valence-electron chi connectivity index (χ2n) is 7.28. The van der Waals surface area contributed by atoms with Gasteiger partial charge >= 0.3 is 0 Å². The fourth-order valence-corrected chi connectivity index (χ4v) is 4.07. The third kappa shape index (κ3) is 5.25. The van der Waals surface area contributed by atoms with Crippen LogP contribution in [0.2, 0.25) is 0 Å². The number of alkyl halides is 2. The molecule has 1 amide bonds. The van der Waals surface area contributed by atoms with Crippen molar-refractivity contribution in [3.05, 3.63) is 46.5 Å². The van der Waals surface area contributed by atoms with Crippen molar-refractivity contribution in [2.24, 2.45) is 0 Å². The molecule has 3 N–H and O–H groups in total. The van der Waals surface area contributed by atoms with Crippen molar-refractivity contribution < 1.29 is 22.4 Å². The minimum atomic E-state index is -2.63. The van der Waals surface area contributed by atoms with Crippen LogP contribution in [-0.4, -0.2) is 53.3 Å². The second kappa shape index (κ2) is 10.2. The van der Waals surface area contributed by atoms with E-state index in [4.69, 9.17) is 0 Å². The van der Waals surface area contributed by atoms with E-state index >= 15 is 4.39 Å². The lowest BCUT2D eigenvalue weighted by Crippen LogP contribution is -2.31. The van der Waals surface area contributed by atoms with Crippen LogP contribution in [0.3, 0.4) is 0 Å².